The monoisotopic (exact) mass is 237 g/mol. The summed E-state index contributed by atoms with van der Waals surface area (Å²) in [6.45, 7) is 2.83. The molecule has 1 aromatic heterocycles. The minimum atomic E-state index is -0.171. The van der Waals surface area contributed by atoms with Crippen molar-refractivity contribution in [3.63, 3.8) is 0 Å². The second kappa shape index (κ2) is 6.83. The largest absolute Gasteiger partial charge is 0.469 e. The number of rotatable bonds is 6. The van der Waals surface area contributed by atoms with Gasteiger partial charge in [0.25, 0.3) is 0 Å². The van der Waals surface area contributed by atoms with Crippen LogP contribution in [-0.2, 0) is 16.0 Å². The van der Waals surface area contributed by atoms with E-state index in [0.717, 1.165) is 30.9 Å². The molecule has 0 aromatic carbocycles. The molecule has 1 rings (SSSR count). The van der Waals surface area contributed by atoms with E-state index in [0.29, 0.717) is 6.42 Å². The first kappa shape index (κ1) is 13.4. The molecule has 0 aliphatic rings. The molecule has 1 heterocycles. The molecule has 17 heavy (non-hydrogen) atoms. The summed E-state index contributed by atoms with van der Waals surface area (Å²) in [5.41, 5.74) is 1.02. The second-order valence-corrected chi connectivity index (χ2v) is 3.82. The first-order valence-corrected chi connectivity index (χ1v) is 5.76. The van der Waals surface area contributed by atoms with E-state index in [-0.39, 0.29) is 5.97 Å². The lowest BCUT2D eigenvalue weighted by molar-refractivity contribution is -0.140. The van der Waals surface area contributed by atoms with E-state index in [9.17, 15) is 4.79 Å². The van der Waals surface area contributed by atoms with Crippen LogP contribution in [0.15, 0.2) is 12.4 Å². The molecule has 5 heteroatoms. The fourth-order valence-corrected chi connectivity index (χ4v) is 1.47. The molecule has 0 bridgehead atoms. The molecule has 5 nitrogen and oxygen atoms in total. The summed E-state index contributed by atoms with van der Waals surface area (Å²) in [6, 6.07) is 1.97. The molecule has 0 aliphatic heterocycles. The number of carbonyl (C=O) groups excluding carboxylic acids is 1. The van der Waals surface area contributed by atoms with Gasteiger partial charge in [-0.15, -0.1) is 0 Å². The Morgan fingerprint density at radius 2 is 2.24 bits per heavy atom. The Balaban J connectivity index is 2.46. The number of esters is 1. The second-order valence-electron chi connectivity index (χ2n) is 3.82. The van der Waals surface area contributed by atoms with Gasteiger partial charge in [0.2, 0.25) is 0 Å². The molecular weight excluding hydrogens is 218 g/mol. The maximum absolute atomic E-state index is 11.0. The van der Waals surface area contributed by atoms with Crippen LogP contribution in [0.25, 0.3) is 0 Å². The van der Waals surface area contributed by atoms with Gasteiger partial charge < -0.3 is 9.64 Å². The van der Waals surface area contributed by atoms with Crippen LogP contribution in [0.2, 0.25) is 0 Å². The fourth-order valence-electron chi connectivity index (χ4n) is 1.47. The van der Waals surface area contributed by atoms with E-state index < -0.39 is 0 Å². The molecule has 0 aliphatic carbocycles. The molecule has 0 saturated carbocycles. The van der Waals surface area contributed by atoms with Gasteiger partial charge >= 0.3 is 5.97 Å². The number of hydrogen-bond acceptors (Lipinski definition) is 5. The lowest BCUT2D eigenvalue weighted by Crippen LogP contribution is -2.21. The SMILES string of the molecule is CCc1cc(N(C)CCCC(=O)OC)ncn1. The normalized spacial score (nSPS) is 10.1. The van der Waals surface area contributed by atoms with Gasteiger partial charge in [-0.1, -0.05) is 6.92 Å². The number of aromatic nitrogens is 2. The Bertz CT molecular complexity index is 369. The highest BCUT2D eigenvalue weighted by Crippen LogP contribution is 2.10. The van der Waals surface area contributed by atoms with Gasteiger partial charge in [-0.25, -0.2) is 9.97 Å². The first-order valence-electron chi connectivity index (χ1n) is 5.76. The molecule has 0 atom stereocenters. The highest BCUT2D eigenvalue weighted by atomic mass is 16.5. The standard InChI is InChI=1S/C12H19N3O2/c1-4-10-8-11(14-9-13-10)15(2)7-5-6-12(16)17-3/h8-9H,4-7H2,1-3H3. The molecule has 0 N–H and O–H groups in total. The van der Waals surface area contributed by atoms with Crippen LogP contribution in [0.1, 0.15) is 25.5 Å². The summed E-state index contributed by atoms with van der Waals surface area (Å²) < 4.78 is 4.59. The third kappa shape index (κ3) is 4.38. The van der Waals surface area contributed by atoms with Crippen LogP contribution in [0, 0.1) is 0 Å². The Morgan fingerprint density at radius 3 is 2.88 bits per heavy atom. The van der Waals surface area contributed by atoms with Crippen molar-refractivity contribution in [2.45, 2.75) is 26.2 Å². The van der Waals surface area contributed by atoms with Gasteiger partial charge in [0.15, 0.2) is 0 Å². The first-order chi connectivity index (χ1) is 8.17. The van der Waals surface area contributed by atoms with Crippen LogP contribution in [0.5, 0.6) is 0 Å². The van der Waals surface area contributed by atoms with E-state index in [4.69, 9.17) is 0 Å². The Morgan fingerprint density at radius 1 is 1.47 bits per heavy atom. The lowest BCUT2D eigenvalue weighted by atomic mass is 10.3. The number of hydrogen-bond donors (Lipinski definition) is 0. The van der Waals surface area contributed by atoms with Crippen LogP contribution < -0.4 is 4.90 Å². The average molecular weight is 237 g/mol. The Labute approximate surface area is 102 Å². The molecule has 0 radical (unpaired) electrons. The van der Waals surface area contributed by atoms with Gasteiger partial charge in [0.1, 0.15) is 12.1 Å². The van der Waals surface area contributed by atoms with Crippen molar-refractivity contribution in [1.29, 1.82) is 0 Å². The molecule has 0 spiro atoms. The van der Waals surface area contributed by atoms with E-state index in [1.165, 1.54) is 7.11 Å². The number of carbonyl (C=O) groups is 1. The summed E-state index contributed by atoms with van der Waals surface area (Å²) in [4.78, 5) is 21.3. The van der Waals surface area contributed by atoms with Gasteiger partial charge in [-0.2, -0.15) is 0 Å². The van der Waals surface area contributed by atoms with Crippen molar-refractivity contribution in [2.75, 3.05) is 25.6 Å². The topological polar surface area (TPSA) is 55.3 Å². The molecule has 0 fully saturated rings. The molecule has 0 unspecified atom stereocenters. The van der Waals surface area contributed by atoms with Crippen molar-refractivity contribution in [3.05, 3.63) is 18.1 Å². The molecule has 1 aromatic rings. The van der Waals surface area contributed by atoms with Crippen molar-refractivity contribution in [1.82, 2.24) is 9.97 Å². The van der Waals surface area contributed by atoms with E-state index >= 15 is 0 Å². The fraction of sp³-hybridized carbons (Fsp3) is 0.583. The molecule has 94 valence electrons. The number of ether oxygens (including phenoxy) is 1. The van der Waals surface area contributed by atoms with Gasteiger partial charge in [-0.05, 0) is 12.8 Å². The average Bonchev–Trinajstić information content (AvgIpc) is 2.38. The Hall–Kier alpha value is -1.65. The van der Waals surface area contributed by atoms with Crippen molar-refractivity contribution < 1.29 is 9.53 Å². The summed E-state index contributed by atoms with van der Waals surface area (Å²) in [7, 11) is 3.36. The Kier molecular flexibility index (Phi) is 5.39. The number of nitrogens with zero attached hydrogens (tertiary/aromatic N) is 3. The summed E-state index contributed by atoms with van der Waals surface area (Å²) in [5.74, 6) is 0.719. The van der Waals surface area contributed by atoms with E-state index in [1.54, 1.807) is 6.33 Å². The zero-order valence-corrected chi connectivity index (χ0v) is 10.6. The number of aryl methyl sites for hydroxylation is 1. The van der Waals surface area contributed by atoms with Crippen molar-refractivity contribution in [2.24, 2.45) is 0 Å². The van der Waals surface area contributed by atoms with E-state index in [2.05, 4.69) is 21.6 Å². The quantitative estimate of drug-likeness (QED) is 0.700. The summed E-state index contributed by atoms with van der Waals surface area (Å²) in [5, 5.41) is 0. The third-order valence-corrected chi connectivity index (χ3v) is 2.56. The maximum atomic E-state index is 11.0. The zero-order chi connectivity index (χ0) is 12.7. The summed E-state index contributed by atoms with van der Waals surface area (Å²) in [6.07, 6.45) is 3.66. The highest BCUT2D eigenvalue weighted by Gasteiger charge is 2.05. The minimum Gasteiger partial charge on any atom is -0.469 e. The molecular formula is C12H19N3O2. The maximum Gasteiger partial charge on any atom is 0.305 e. The zero-order valence-electron chi connectivity index (χ0n) is 10.6. The molecule has 0 amide bonds. The minimum absolute atomic E-state index is 0.171. The predicted octanol–water partition coefficient (Wildman–Crippen LogP) is 1.43. The van der Waals surface area contributed by atoms with Gasteiger partial charge in [0.05, 0.1) is 7.11 Å². The van der Waals surface area contributed by atoms with Crippen LogP contribution in [0.4, 0.5) is 5.82 Å². The van der Waals surface area contributed by atoms with Crippen LogP contribution in [0.3, 0.4) is 0 Å². The van der Waals surface area contributed by atoms with Gasteiger partial charge in [0, 0.05) is 31.8 Å². The van der Waals surface area contributed by atoms with Crippen molar-refractivity contribution in [3.8, 4) is 0 Å². The smallest absolute Gasteiger partial charge is 0.305 e. The van der Waals surface area contributed by atoms with Gasteiger partial charge in [-0.3, -0.25) is 4.79 Å². The predicted molar refractivity (Wildman–Crippen MR) is 65.9 cm³/mol. The summed E-state index contributed by atoms with van der Waals surface area (Å²) >= 11 is 0. The number of methoxy groups -OCH3 is 1. The lowest BCUT2D eigenvalue weighted by Gasteiger charge is -2.17. The van der Waals surface area contributed by atoms with E-state index in [1.807, 2.05) is 18.0 Å². The van der Waals surface area contributed by atoms with Crippen molar-refractivity contribution >= 4 is 11.8 Å². The highest BCUT2D eigenvalue weighted by molar-refractivity contribution is 5.69. The van der Waals surface area contributed by atoms with Crippen LogP contribution in [-0.4, -0.2) is 36.6 Å². The van der Waals surface area contributed by atoms with Crippen LogP contribution >= 0.6 is 0 Å². The molecule has 0 saturated heterocycles. The third-order valence-electron chi connectivity index (χ3n) is 2.56. The number of anilines is 1.